The topological polar surface area (TPSA) is 3.24 Å². The highest BCUT2D eigenvalue weighted by Crippen LogP contribution is 2.55. The van der Waals surface area contributed by atoms with Gasteiger partial charge in [0.25, 0.3) is 0 Å². The van der Waals surface area contributed by atoms with Crippen LogP contribution in [0.5, 0.6) is 0 Å². The van der Waals surface area contributed by atoms with E-state index in [1.54, 1.807) is 0 Å². The maximum Gasteiger partial charge on any atom is 0.0468 e. The molecule has 0 fully saturated rings. The van der Waals surface area contributed by atoms with Crippen molar-refractivity contribution in [3.63, 3.8) is 0 Å². The summed E-state index contributed by atoms with van der Waals surface area (Å²) in [5, 5.41) is 6.36. The van der Waals surface area contributed by atoms with Crippen molar-refractivity contribution in [3.05, 3.63) is 163 Å². The Morgan fingerprint density at radius 1 is 0.489 bits per heavy atom. The van der Waals surface area contributed by atoms with Gasteiger partial charge in [0.2, 0.25) is 0 Å². The van der Waals surface area contributed by atoms with Crippen molar-refractivity contribution in [2.24, 2.45) is 0 Å². The van der Waals surface area contributed by atoms with E-state index in [0.29, 0.717) is 0 Å². The molecule has 0 spiro atoms. The molecule has 1 heterocycles. The van der Waals surface area contributed by atoms with E-state index in [-0.39, 0.29) is 5.41 Å². The maximum atomic E-state index is 2.43. The molecular formula is C43H31NS. The molecule has 0 atom stereocenters. The van der Waals surface area contributed by atoms with Crippen LogP contribution in [0.2, 0.25) is 0 Å². The van der Waals surface area contributed by atoms with E-state index < -0.39 is 0 Å². The van der Waals surface area contributed by atoms with Gasteiger partial charge in [0.15, 0.2) is 0 Å². The first kappa shape index (κ1) is 26.2. The Morgan fingerprint density at radius 3 is 1.71 bits per heavy atom. The Bertz CT molecular complexity index is 2330. The Labute approximate surface area is 267 Å². The molecule has 9 rings (SSSR count). The first-order chi connectivity index (χ1) is 22.0. The molecule has 0 unspecified atom stereocenters. The predicted molar refractivity (Wildman–Crippen MR) is 195 cm³/mol. The number of hydrogen-bond acceptors (Lipinski definition) is 2. The second-order valence-corrected chi connectivity index (χ2v) is 13.7. The van der Waals surface area contributed by atoms with Crippen molar-refractivity contribution in [2.45, 2.75) is 19.3 Å². The van der Waals surface area contributed by atoms with Crippen LogP contribution in [-0.4, -0.2) is 0 Å². The van der Waals surface area contributed by atoms with Crippen LogP contribution in [0.3, 0.4) is 0 Å². The van der Waals surface area contributed by atoms with Crippen molar-refractivity contribution in [2.75, 3.05) is 4.90 Å². The Morgan fingerprint density at radius 2 is 1.04 bits per heavy atom. The summed E-state index contributed by atoms with van der Waals surface area (Å²) in [5.41, 5.74) is 10.2. The molecule has 0 N–H and O–H groups in total. The first-order valence-corrected chi connectivity index (χ1v) is 16.4. The van der Waals surface area contributed by atoms with Gasteiger partial charge < -0.3 is 4.90 Å². The lowest BCUT2D eigenvalue weighted by Gasteiger charge is -2.26. The van der Waals surface area contributed by atoms with E-state index in [2.05, 4.69) is 170 Å². The zero-order valence-corrected chi connectivity index (χ0v) is 26.1. The standard InChI is InChI=1S/C43H31NS/c1-43(2)39-27-33(19-24-37(39)42-41(43)38-13-7-8-14-40(38)45-42)30-15-20-34(21-16-30)44(35-22-17-28-9-3-5-11-31(28)25-35)36-23-18-29-10-4-6-12-32(29)26-36/h3-27H,1-2H3. The van der Waals surface area contributed by atoms with E-state index in [1.165, 1.54) is 64.3 Å². The number of hydrogen-bond donors (Lipinski definition) is 0. The molecule has 0 saturated heterocycles. The molecule has 0 aliphatic heterocycles. The number of rotatable bonds is 4. The van der Waals surface area contributed by atoms with Crippen LogP contribution in [0, 0.1) is 0 Å². The first-order valence-electron chi connectivity index (χ1n) is 15.6. The minimum Gasteiger partial charge on any atom is -0.310 e. The number of thiophene rings is 1. The largest absolute Gasteiger partial charge is 0.310 e. The van der Waals surface area contributed by atoms with Crippen molar-refractivity contribution in [1.29, 1.82) is 0 Å². The molecule has 1 aliphatic carbocycles. The van der Waals surface area contributed by atoms with Gasteiger partial charge in [-0.3, -0.25) is 0 Å². The van der Waals surface area contributed by atoms with Crippen molar-refractivity contribution < 1.29 is 0 Å². The van der Waals surface area contributed by atoms with Crippen LogP contribution in [0.4, 0.5) is 17.1 Å². The third-order valence-electron chi connectivity index (χ3n) is 9.60. The van der Waals surface area contributed by atoms with Crippen LogP contribution in [0.15, 0.2) is 152 Å². The molecule has 45 heavy (non-hydrogen) atoms. The average Bonchev–Trinajstić information content (AvgIpc) is 3.58. The lowest BCUT2D eigenvalue weighted by molar-refractivity contribution is 0.667. The van der Waals surface area contributed by atoms with E-state index in [9.17, 15) is 0 Å². The summed E-state index contributed by atoms with van der Waals surface area (Å²) in [5.74, 6) is 0. The van der Waals surface area contributed by atoms with Gasteiger partial charge in [0.1, 0.15) is 0 Å². The molecule has 8 aromatic rings. The molecular weight excluding hydrogens is 563 g/mol. The Balaban J connectivity index is 1.13. The van der Waals surface area contributed by atoms with Crippen LogP contribution in [-0.2, 0) is 5.41 Å². The van der Waals surface area contributed by atoms with E-state index >= 15 is 0 Å². The minimum absolute atomic E-state index is 0.0385. The van der Waals surface area contributed by atoms with Gasteiger partial charge in [-0.05, 0) is 103 Å². The fourth-order valence-electron chi connectivity index (χ4n) is 7.31. The molecule has 1 aliphatic rings. The van der Waals surface area contributed by atoms with Gasteiger partial charge in [0, 0.05) is 32.1 Å². The third-order valence-corrected chi connectivity index (χ3v) is 10.8. The van der Waals surface area contributed by atoms with E-state index in [0.717, 1.165) is 17.1 Å². The number of benzene rings is 7. The van der Waals surface area contributed by atoms with Crippen molar-refractivity contribution in [1.82, 2.24) is 0 Å². The smallest absolute Gasteiger partial charge is 0.0468 e. The summed E-state index contributed by atoms with van der Waals surface area (Å²) in [4.78, 5) is 3.80. The summed E-state index contributed by atoms with van der Waals surface area (Å²) in [6.45, 7) is 4.77. The highest BCUT2D eigenvalue weighted by atomic mass is 32.1. The maximum absolute atomic E-state index is 2.43. The molecule has 2 heteroatoms. The van der Waals surface area contributed by atoms with Gasteiger partial charge in [-0.1, -0.05) is 117 Å². The highest BCUT2D eigenvalue weighted by molar-refractivity contribution is 7.22. The quantitative estimate of drug-likeness (QED) is 0.196. The Kier molecular flexibility index (Phi) is 5.78. The normalized spacial score (nSPS) is 13.3. The van der Waals surface area contributed by atoms with Crippen LogP contribution in [0.25, 0.3) is 53.2 Å². The zero-order valence-electron chi connectivity index (χ0n) is 25.3. The van der Waals surface area contributed by atoms with E-state index in [4.69, 9.17) is 0 Å². The fraction of sp³-hybridized carbons (Fsp3) is 0.0698. The molecule has 1 nitrogen and oxygen atoms in total. The monoisotopic (exact) mass is 593 g/mol. The van der Waals surface area contributed by atoms with Crippen molar-refractivity contribution >= 4 is 60.0 Å². The number of nitrogens with zero attached hydrogens (tertiary/aromatic N) is 1. The molecule has 0 amide bonds. The number of fused-ring (bicyclic) bond motifs is 7. The lowest BCUT2D eigenvalue weighted by Crippen LogP contribution is -2.15. The molecule has 214 valence electrons. The summed E-state index contributed by atoms with van der Waals surface area (Å²) in [6, 6.07) is 55.7. The lowest BCUT2D eigenvalue weighted by atomic mass is 9.80. The second kappa shape index (κ2) is 9.92. The molecule has 0 radical (unpaired) electrons. The SMILES string of the molecule is CC1(C)c2cc(-c3ccc(N(c4ccc5ccccc5c4)c4ccc5ccccc5c4)cc3)ccc2-c2sc3ccccc3c21. The fourth-order valence-corrected chi connectivity index (χ4v) is 8.71. The van der Waals surface area contributed by atoms with Crippen LogP contribution < -0.4 is 4.90 Å². The highest BCUT2D eigenvalue weighted by Gasteiger charge is 2.38. The minimum atomic E-state index is -0.0385. The van der Waals surface area contributed by atoms with Gasteiger partial charge in [-0.2, -0.15) is 0 Å². The van der Waals surface area contributed by atoms with Crippen LogP contribution >= 0.6 is 11.3 Å². The Hall–Kier alpha value is -5.18. The van der Waals surface area contributed by atoms with Crippen molar-refractivity contribution in [3.8, 4) is 21.6 Å². The van der Waals surface area contributed by atoms with Gasteiger partial charge in [0.05, 0.1) is 0 Å². The second-order valence-electron chi connectivity index (χ2n) is 12.6. The van der Waals surface area contributed by atoms with Crippen LogP contribution in [0.1, 0.15) is 25.0 Å². The summed E-state index contributed by atoms with van der Waals surface area (Å²) < 4.78 is 1.38. The third kappa shape index (κ3) is 4.13. The van der Waals surface area contributed by atoms with Gasteiger partial charge in [-0.25, -0.2) is 0 Å². The number of anilines is 3. The van der Waals surface area contributed by atoms with Gasteiger partial charge >= 0.3 is 0 Å². The summed E-state index contributed by atoms with van der Waals surface area (Å²) >= 11 is 1.93. The molecule has 0 bridgehead atoms. The summed E-state index contributed by atoms with van der Waals surface area (Å²) in [7, 11) is 0. The molecule has 0 saturated carbocycles. The molecule has 7 aromatic carbocycles. The zero-order chi connectivity index (χ0) is 30.1. The van der Waals surface area contributed by atoms with E-state index in [1.807, 2.05) is 11.3 Å². The van der Waals surface area contributed by atoms with Gasteiger partial charge in [-0.15, -0.1) is 11.3 Å². The average molecular weight is 594 g/mol. The summed E-state index contributed by atoms with van der Waals surface area (Å²) in [6.07, 6.45) is 0. The predicted octanol–water partition coefficient (Wildman–Crippen LogP) is 12.7. The molecule has 1 aromatic heterocycles.